The Hall–Kier alpha value is -0.930. The molecule has 1 aliphatic carbocycles. The van der Waals surface area contributed by atoms with Crippen LogP contribution < -0.4 is 10.1 Å². The van der Waals surface area contributed by atoms with Crippen LogP contribution in [0, 0.1) is 0 Å². The molecule has 1 aromatic rings. The SMILES string of the molecule is CCOc1ccc(Cl)cc1NC1CC(OC)C1. The van der Waals surface area contributed by atoms with E-state index in [1.165, 1.54) is 0 Å². The summed E-state index contributed by atoms with van der Waals surface area (Å²) in [6.45, 7) is 2.63. The molecule has 1 fully saturated rings. The van der Waals surface area contributed by atoms with E-state index >= 15 is 0 Å². The summed E-state index contributed by atoms with van der Waals surface area (Å²) in [5, 5.41) is 4.17. The molecule has 1 aromatic carbocycles. The smallest absolute Gasteiger partial charge is 0.142 e. The monoisotopic (exact) mass is 255 g/mol. The summed E-state index contributed by atoms with van der Waals surface area (Å²) >= 11 is 6.00. The summed E-state index contributed by atoms with van der Waals surface area (Å²) in [5.74, 6) is 0.859. The molecule has 2 rings (SSSR count). The minimum absolute atomic E-state index is 0.391. The number of benzene rings is 1. The van der Waals surface area contributed by atoms with Gasteiger partial charge in [-0.25, -0.2) is 0 Å². The van der Waals surface area contributed by atoms with Gasteiger partial charge in [-0.2, -0.15) is 0 Å². The van der Waals surface area contributed by atoms with Crippen molar-refractivity contribution in [3.05, 3.63) is 23.2 Å². The van der Waals surface area contributed by atoms with Crippen molar-refractivity contribution >= 4 is 17.3 Å². The zero-order chi connectivity index (χ0) is 12.3. The highest BCUT2D eigenvalue weighted by atomic mass is 35.5. The summed E-state index contributed by atoms with van der Waals surface area (Å²) in [6.07, 6.45) is 2.46. The first kappa shape index (κ1) is 12.5. The minimum atomic E-state index is 0.391. The normalized spacial score (nSPS) is 23.0. The van der Waals surface area contributed by atoms with Gasteiger partial charge in [-0.05, 0) is 38.0 Å². The van der Waals surface area contributed by atoms with Crippen molar-refractivity contribution in [1.29, 1.82) is 0 Å². The van der Waals surface area contributed by atoms with E-state index < -0.39 is 0 Å². The largest absolute Gasteiger partial charge is 0.492 e. The number of ether oxygens (including phenoxy) is 2. The number of methoxy groups -OCH3 is 1. The van der Waals surface area contributed by atoms with Gasteiger partial charge in [0.2, 0.25) is 0 Å². The molecule has 3 nitrogen and oxygen atoms in total. The number of halogens is 1. The van der Waals surface area contributed by atoms with E-state index in [1.54, 1.807) is 7.11 Å². The maximum atomic E-state index is 6.00. The number of hydrogen-bond acceptors (Lipinski definition) is 3. The fraction of sp³-hybridized carbons (Fsp3) is 0.538. The average molecular weight is 256 g/mol. The molecule has 1 N–H and O–H groups in total. The number of anilines is 1. The lowest BCUT2D eigenvalue weighted by molar-refractivity contribution is 0.0328. The lowest BCUT2D eigenvalue weighted by atomic mass is 9.89. The summed E-state index contributed by atoms with van der Waals surface area (Å²) < 4.78 is 10.8. The zero-order valence-electron chi connectivity index (χ0n) is 10.2. The molecular weight excluding hydrogens is 238 g/mol. The highest BCUT2D eigenvalue weighted by molar-refractivity contribution is 6.30. The van der Waals surface area contributed by atoms with E-state index in [0.717, 1.165) is 29.3 Å². The molecule has 0 saturated heterocycles. The van der Waals surface area contributed by atoms with Gasteiger partial charge >= 0.3 is 0 Å². The van der Waals surface area contributed by atoms with E-state index in [2.05, 4.69) is 5.32 Å². The summed E-state index contributed by atoms with van der Waals surface area (Å²) in [7, 11) is 1.76. The first-order valence-electron chi connectivity index (χ1n) is 5.94. The van der Waals surface area contributed by atoms with Crippen molar-refractivity contribution in [2.75, 3.05) is 19.0 Å². The molecular formula is C13H18ClNO2. The van der Waals surface area contributed by atoms with E-state index in [-0.39, 0.29) is 0 Å². The molecule has 0 unspecified atom stereocenters. The minimum Gasteiger partial charge on any atom is -0.492 e. The second kappa shape index (κ2) is 5.61. The van der Waals surface area contributed by atoms with Crippen LogP contribution in [-0.2, 0) is 4.74 Å². The Balaban J connectivity index is 2.01. The molecule has 0 radical (unpaired) electrons. The van der Waals surface area contributed by atoms with E-state index in [9.17, 15) is 0 Å². The van der Waals surface area contributed by atoms with Crippen LogP contribution in [0.5, 0.6) is 5.75 Å². The van der Waals surface area contributed by atoms with Gasteiger partial charge in [0.1, 0.15) is 5.75 Å². The van der Waals surface area contributed by atoms with Crippen molar-refractivity contribution in [3.8, 4) is 5.75 Å². The predicted octanol–water partition coefficient (Wildman–Crippen LogP) is 3.33. The molecule has 4 heteroatoms. The lowest BCUT2D eigenvalue weighted by Gasteiger charge is -2.35. The van der Waals surface area contributed by atoms with Gasteiger partial charge in [0.15, 0.2) is 0 Å². The van der Waals surface area contributed by atoms with Crippen LogP contribution in [0.15, 0.2) is 18.2 Å². The van der Waals surface area contributed by atoms with Crippen molar-refractivity contribution < 1.29 is 9.47 Å². The van der Waals surface area contributed by atoms with E-state index in [1.807, 2.05) is 25.1 Å². The van der Waals surface area contributed by atoms with Crippen LogP contribution in [0.1, 0.15) is 19.8 Å². The van der Waals surface area contributed by atoms with Crippen LogP contribution in [-0.4, -0.2) is 25.9 Å². The van der Waals surface area contributed by atoms with Gasteiger partial charge in [0, 0.05) is 18.2 Å². The highest BCUT2D eigenvalue weighted by Gasteiger charge is 2.29. The van der Waals surface area contributed by atoms with Gasteiger partial charge < -0.3 is 14.8 Å². The van der Waals surface area contributed by atoms with Gasteiger partial charge in [-0.1, -0.05) is 11.6 Å². The molecule has 1 aliphatic rings. The van der Waals surface area contributed by atoms with Crippen molar-refractivity contribution in [2.45, 2.75) is 31.9 Å². The molecule has 0 aromatic heterocycles. The topological polar surface area (TPSA) is 30.5 Å². The molecule has 94 valence electrons. The van der Waals surface area contributed by atoms with Crippen LogP contribution >= 0.6 is 11.6 Å². The van der Waals surface area contributed by atoms with Crippen molar-refractivity contribution in [1.82, 2.24) is 0 Å². The van der Waals surface area contributed by atoms with Gasteiger partial charge in [0.25, 0.3) is 0 Å². The number of rotatable bonds is 5. The molecule has 17 heavy (non-hydrogen) atoms. The van der Waals surface area contributed by atoms with Gasteiger partial charge in [-0.15, -0.1) is 0 Å². The predicted molar refractivity (Wildman–Crippen MR) is 70.1 cm³/mol. The second-order valence-corrected chi connectivity index (χ2v) is 4.68. The Morgan fingerprint density at radius 1 is 1.41 bits per heavy atom. The molecule has 0 atom stereocenters. The molecule has 0 spiro atoms. The summed E-state index contributed by atoms with van der Waals surface area (Å²) in [5.41, 5.74) is 0.971. The molecule has 0 heterocycles. The lowest BCUT2D eigenvalue weighted by Crippen LogP contribution is -2.40. The Kier molecular flexibility index (Phi) is 4.13. The van der Waals surface area contributed by atoms with Crippen LogP contribution in [0.3, 0.4) is 0 Å². The Labute approximate surface area is 107 Å². The van der Waals surface area contributed by atoms with E-state index in [4.69, 9.17) is 21.1 Å². The molecule has 0 amide bonds. The number of nitrogens with one attached hydrogen (secondary N) is 1. The third-order valence-corrected chi connectivity index (χ3v) is 3.26. The average Bonchev–Trinajstić information content (AvgIpc) is 2.26. The van der Waals surface area contributed by atoms with Gasteiger partial charge in [0.05, 0.1) is 18.4 Å². The van der Waals surface area contributed by atoms with Crippen LogP contribution in [0.2, 0.25) is 5.02 Å². The second-order valence-electron chi connectivity index (χ2n) is 4.24. The van der Waals surface area contributed by atoms with Crippen LogP contribution in [0.4, 0.5) is 5.69 Å². The van der Waals surface area contributed by atoms with Gasteiger partial charge in [-0.3, -0.25) is 0 Å². The highest BCUT2D eigenvalue weighted by Crippen LogP contribution is 2.33. The van der Waals surface area contributed by atoms with Crippen molar-refractivity contribution in [2.24, 2.45) is 0 Å². The fourth-order valence-electron chi connectivity index (χ4n) is 1.99. The first-order chi connectivity index (χ1) is 8.22. The third-order valence-electron chi connectivity index (χ3n) is 3.03. The standard InChI is InChI=1S/C13H18ClNO2/c1-3-17-13-5-4-9(14)6-12(13)15-10-7-11(8-10)16-2/h4-6,10-11,15H,3,7-8H2,1-2H3. The Morgan fingerprint density at radius 2 is 2.18 bits per heavy atom. The molecule has 1 saturated carbocycles. The summed E-state index contributed by atoms with van der Waals surface area (Å²) in [6, 6.07) is 6.11. The first-order valence-corrected chi connectivity index (χ1v) is 6.32. The summed E-state index contributed by atoms with van der Waals surface area (Å²) in [4.78, 5) is 0. The molecule has 0 aliphatic heterocycles. The third kappa shape index (κ3) is 3.05. The van der Waals surface area contributed by atoms with Crippen LogP contribution in [0.25, 0.3) is 0 Å². The number of hydrogen-bond donors (Lipinski definition) is 1. The maximum absolute atomic E-state index is 6.00. The Bertz CT molecular complexity index is 378. The fourth-order valence-corrected chi connectivity index (χ4v) is 2.16. The maximum Gasteiger partial charge on any atom is 0.142 e. The zero-order valence-corrected chi connectivity index (χ0v) is 11.0. The molecule has 0 bridgehead atoms. The Morgan fingerprint density at radius 3 is 2.82 bits per heavy atom. The van der Waals surface area contributed by atoms with Crippen molar-refractivity contribution in [3.63, 3.8) is 0 Å². The quantitative estimate of drug-likeness (QED) is 0.876. The van der Waals surface area contributed by atoms with E-state index in [0.29, 0.717) is 18.8 Å².